The Balaban J connectivity index is 1.65. The van der Waals surface area contributed by atoms with Gasteiger partial charge >= 0.3 is 0 Å². The summed E-state index contributed by atoms with van der Waals surface area (Å²) in [6.07, 6.45) is 0. The topological polar surface area (TPSA) is 0 Å². The molecule has 0 bridgehead atoms. The van der Waals surface area contributed by atoms with Crippen LogP contribution in [0.5, 0.6) is 0 Å². The third kappa shape index (κ3) is 3.35. The molecule has 0 saturated heterocycles. The number of rotatable bonds is 5. The summed E-state index contributed by atoms with van der Waals surface area (Å²) < 4.78 is 0. The Hall–Kier alpha value is 0.1000. The summed E-state index contributed by atoms with van der Waals surface area (Å²) in [7, 11) is 3.87. The van der Waals surface area contributed by atoms with E-state index in [0.717, 1.165) is 11.5 Å². The van der Waals surface area contributed by atoms with Gasteiger partial charge in [-0.1, -0.05) is 21.6 Å². The first-order valence-electron chi connectivity index (χ1n) is 4.22. The lowest BCUT2D eigenvalue weighted by molar-refractivity contribution is 1.48. The minimum absolute atomic E-state index is 1.12. The van der Waals surface area contributed by atoms with E-state index in [1.807, 2.05) is 21.6 Å². The van der Waals surface area contributed by atoms with Crippen LogP contribution >= 0.6 is 44.3 Å². The van der Waals surface area contributed by atoms with Gasteiger partial charge in [0.25, 0.3) is 0 Å². The summed E-state index contributed by atoms with van der Waals surface area (Å²) >= 11 is 3.55. The molecule has 0 aromatic carbocycles. The molecular weight excluding hydrogens is 248 g/mol. The van der Waals surface area contributed by atoms with Crippen LogP contribution in [0, 0.1) is 0 Å². The van der Waals surface area contributed by atoms with Crippen LogP contribution in [0.25, 0.3) is 0 Å². The Morgan fingerprint density at radius 1 is 0.857 bits per heavy atom. The highest BCUT2D eigenvalue weighted by molar-refractivity contribution is 8.76. The molecule has 0 fully saturated rings. The highest BCUT2D eigenvalue weighted by Gasteiger charge is 1.96. The van der Waals surface area contributed by atoms with Crippen LogP contribution in [0.2, 0.25) is 0 Å². The Bertz CT molecular complexity index is 300. The lowest BCUT2D eigenvalue weighted by Gasteiger charge is -1.97. The van der Waals surface area contributed by atoms with Gasteiger partial charge in [-0.3, -0.25) is 0 Å². The monoisotopic (exact) mass is 258 g/mol. The summed E-state index contributed by atoms with van der Waals surface area (Å²) in [4.78, 5) is 0. The van der Waals surface area contributed by atoms with Crippen molar-refractivity contribution in [1.82, 2.24) is 0 Å². The Kier molecular flexibility index (Phi) is 4.44. The second-order valence-corrected chi connectivity index (χ2v) is 6.81. The molecular formula is C10H10S4. The molecule has 0 spiro atoms. The molecule has 0 N–H and O–H groups in total. The van der Waals surface area contributed by atoms with Crippen molar-refractivity contribution < 1.29 is 0 Å². The zero-order chi connectivity index (χ0) is 9.64. The van der Waals surface area contributed by atoms with Crippen LogP contribution in [0.1, 0.15) is 11.1 Å². The maximum Gasteiger partial charge on any atom is 0.0297 e. The smallest absolute Gasteiger partial charge is 0.0297 e. The first-order chi connectivity index (χ1) is 6.95. The zero-order valence-corrected chi connectivity index (χ0v) is 10.8. The molecule has 2 rings (SSSR count). The maximum atomic E-state index is 2.22. The molecule has 0 amide bonds. The second kappa shape index (κ2) is 5.85. The standard InChI is InChI=1S/C10H10S4/c1-3-11-5-9(1)7-13-14-8-10-2-4-12-6-10/h1-6H,7-8H2. The molecule has 4 heteroatoms. The molecule has 2 aromatic rings. The fraction of sp³-hybridized carbons (Fsp3) is 0.200. The maximum absolute atomic E-state index is 2.22. The van der Waals surface area contributed by atoms with Gasteiger partial charge in [0.1, 0.15) is 0 Å². The summed E-state index contributed by atoms with van der Waals surface area (Å²) in [6.45, 7) is 0. The summed E-state index contributed by atoms with van der Waals surface area (Å²) in [5.74, 6) is 2.25. The summed E-state index contributed by atoms with van der Waals surface area (Å²) in [6, 6.07) is 4.39. The fourth-order valence-electron chi connectivity index (χ4n) is 0.969. The van der Waals surface area contributed by atoms with Gasteiger partial charge in [-0.2, -0.15) is 22.7 Å². The molecule has 74 valence electrons. The third-order valence-corrected chi connectivity index (χ3v) is 5.43. The van der Waals surface area contributed by atoms with Crippen molar-refractivity contribution in [2.75, 3.05) is 0 Å². The molecule has 0 atom stereocenters. The molecule has 14 heavy (non-hydrogen) atoms. The first-order valence-corrected chi connectivity index (χ1v) is 8.59. The van der Waals surface area contributed by atoms with Gasteiger partial charge in [0.05, 0.1) is 0 Å². The van der Waals surface area contributed by atoms with Gasteiger partial charge < -0.3 is 0 Å². The van der Waals surface area contributed by atoms with Crippen molar-refractivity contribution in [3.63, 3.8) is 0 Å². The van der Waals surface area contributed by atoms with Crippen molar-refractivity contribution >= 4 is 44.3 Å². The van der Waals surface area contributed by atoms with E-state index >= 15 is 0 Å². The van der Waals surface area contributed by atoms with E-state index in [2.05, 4.69) is 33.7 Å². The molecule has 0 aliphatic carbocycles. The molecule has 0 aliphatic heterocycles. The van der Waals surface area contributed by atoms with Gasteiger partial charge in [-0.25, -0.2) is 0 Å². The lowest BCUT2D eigenvalue weighted by Crippen LogP contribution is -1.73. The largest absolute Gasteiger partial charge is 0.152 e. The Morgan fingerprint density at radius 3 is 1.71 bits per heavy atom. The van der Waals surface area contributed by atoms with Crippen molar-refractivity contribution in [2.45, 2.75) is 11.5 Å². The zero-order valence-electron chi connectivity index (χ0n) is 7.51. The predicted octanol–water partition coefficient (Wildman–Crippen LogP) is 4.89. The van der Waals surface area contributed by atoms with Gasteiger partial charge in [-0.05, 0) is 44.8 Å². The van der Waals surface area contributed by atoms with Crippen LogP contribution in [-0.4, -0.2) is 0 Å². The SMILES string of the molecule is c1cc(CSSCc2ccsc2)cs1. The van der Waals surface area contributed by atoms with Crippen LogP contribution in [-0.2, 0) is 11.5 Å². The summed E-state index contributed by atoms with van der Waals surface area (Å²) in [5.41, 5.74) is 2.88. The number of hydrogen-bond acceptors (Lipinski definition) is 4. The second-order valence-electron chi connectivity index (χ2n) is 2.79. The van der Waals surface area contributed by atoms with Gasteiger partial charge in [0.2, 0.25) is 0 Å². The third-order valence-electron chi connectivity index (χ3n) is 1.69. The van der Waals surface area contributed by atoms with Gasteiger partial charge in [0.15, 0.2) is 0 Å². The predicted molar refractivity (Wildman–Crippen MR) is 71.2 cm³/mol. The first kappa shape index (κ1) is 10.6. The van der Waals surface area contributed by atoms with Crippen LogP contribution in [0.15, 0.2) is 33.7 Å². The average Bonchev–Trinajstić information content (AvgIpc) is 2.86. The van der Waals surface area contributed by atoms with Crippen molar-refractivity contribution in [1.29, 1.82) is 0 Å². The van der Waals surface area contributed by atoms with E-state index in [4.69, 9.17) is 0 Å². The Labute approximate surface area is 100 Å². The van der Waals surface area contributed by atoms with Crippen LogP contribution < -0.4 is 0 Å². The van der Waals surface area contributed by atoms with Gasteiger partial charge in [-0.15, -0.1) is 0 Å². The van der Waals surface area contributed by atoms with Crippen molar-refractivity contribution in [2.24, 2.45) is 0 Å². The van der Waals surface area contributed by atoms with Crippen LogP contribution in [0.4, 0.5) is 0 Å². The molecule has 2 aromatic heterocycles. The van der Waals surface area contributed by atoms with E-state index in [1.165, 1.54) is 11.1 Å². The van der Waals surface area contributed by atoms with Crippen LogP contribution in [0.3, 0.4) is 0 Å². The minimum atomic E-state index is 1.12. The summed E-state index contributed by atoms with van der Waals surface area (Å²) in [5, 5.41) is 8.72. The molecule has 0 aliphatic rings. The molecule has 0 nitrogen and oxygen atoms in total. The quantitative estimate of drug-likeness (QED) is 0.553. The molecule has 0 unspecified atom stereocenters. The minimum Gasteiger partial charge on any atom is -0.152 e. The van der Waals surface area contributed by atoms with E-state index in [-0.39, 0.29) is 0 Å². The molecule has 2 heterocycles. The lowest BCUT2D eigenvalue weighted by atomic mass is 10.4. The Morgan fingerprint density at radius 2 is 1.36 bits per heavy atom. The van der Waals surface area contributed by atoms with Crippen molar-refractivity contribution in [3.8, 4) is 0 Å². The number of thiophene rings is 2. The van der Waals surface area contributed by atoms with E-state index < -0.39 is 0 Å². The highest BCUT2D eigenvalue weighted by atomic mass is 33.1. The highest BCUT2D eigenvalue weighted by Crippen LogP contribution is 2.30. The van der Waals surface area contributed by atoms with Gasteiger partial charge in [0, 0.05) is 11.5 Å². The molecule has 0 radical (unpaired) electrons. The van der Waals surface area contributed by atoms with E-state index in [9.17, 15) is 0 Å². The van der Waals surface area contributed by atoms with E-state index in [1.54, 1.807) is 22.7 Å². The normalized spacial score (nSPS) is 10.6. The number of hydrogen-bond donors (Lipinski definition) is 0. The van der Waals surface area contributed by atoms with E-state index in [0.29, 0.717) is 0 Å². The fourth-order valence-corrected chi connectivity index (χ4v) is 4.63. The average molecular weight is 258 g/mol. The molecule has 0 saturated carbocycles. The van der Waals surface area contributed by atoms with Crippen molar-refractivity contribution in [3.05, 3.63) is 44.8 Å².